The van der Waals surface area contributed by atoms with Gasteiger partial charge in [0.15, 0.2) is 0 Å². The van der Waals surface area contributed by atoms with E-state index in [9.17, 15) is 4.39 Å². The Morgan fingerprint density at radius 3 is 2.28 bits per heavy atom. The maximum atomic E-state index is 13.4. The van der Waals surface area contributed by atoms with E-state index in [0.29, 0.717) is 17.4 Å². The third-order valence-corrected chi connectivity index (χ3v) is 5.78. The molecule has 0 atom stereocenters. The van der Waals surface area contributed by atoms with Crippen molar-refractivity contribution in [1.82, 2.24) is 4.98 Å². The number of benzene rings is 3. The van der Waals surface area contributed by atoms with E-state index in [1.807, 2.05) is 19.1 Å². The third-order valence-electron chi connectivity index (χ3n) is 4.48. The van der Waals surface area contributed by atoms with E-state index in [4.69, 9.17) is 21.3 Å². The van der Waals surface area contributed by atoms with Crippen molar-refractivity contribution >= 4 is 22.9 Å². The molecule has 0 N–H and O–H groups in total. The van der Waals surface area contributed by atoms with Gasteiger partial charge in [-0.25, -0.2) is 9.37 Å². The molecule has 1 heterocycles. The fourth-order valence-corrected chi connectivity index (χ4v) is 4.35. The van der Waals surface area contributed by atoms with Crippen molar-refractivity contribution < 1.29 is 9.13 Å². The minimum atomic E-state index is -0.263. The highest BCUT2D eigenvalue weighted by Crippen LogP contribution is 2.37. The van der Waals surface area contributed by atoms with Crippen molar-refractivity contribution in [3.63, 3.8) is 0 Å². The molecule has 0 saturated heterocycles. The molecule has 0 spiro atoms. The fourth-order valence-electron chi connectivity index (χ4n) is 3.06. The number of aromatic nitrogens is 1. The molecule has 0 aliphatic rings. The van der Waals surface area contributed by atoms with E-state index in [-0.39, 0.29) is 5.82 Å². The van der Waals surface area contributed by atoms with Crippen LogP contribution in [-0.2, 0) is 6.61 Å². The van der Waals surface area contributed by atoms with Crippen molar-refractivity contribution in [1.29, 1.82) is 0 Å². The Labute approximate surface area is 178 Å². The zero-order valence-corrected chi connectivity index (χ0v) is 17.7. The molecule has 0 aliphatic carbocycles. The van der Waals surface area contributed by atoms with Gasteiger partial charge in [-0.3, -0.25) is 0 Å². The predicted octanol–water partition coefficient (Wildman–Crippen LogP) is 7.47. The lowest BCUT2D eigenvalue weighted by molar-refractivity contribution is 0.305. The van der Waals surface area contributed by atoms with Gasteiger partial charge < -0.3 is 4.74 Å². The number of halogens is 2. The quantitative estimate of drug-likeness (QED) is 0.332. The molecule has 5 heteroatoms. The first-order chi connectivity index (χ1) is 14.0. The molecule has 4 rings (SSSR count). The maximum absolute atomic E-state index is 13.4. The number of hydrogen-bond donors (Lipinski definition) is 0. The SMILES string of the molecule is Cc1ccc(-c2sc(COc3cc(C)cc(Cl)c3)nc2-c2ccc(F)cc2)cc1. The molecule has 0 bridgehead atoms. The second-order valence-electron chi connectivity index (χ2n) is 6.91. The van der Waals surface area contributed by atoms with Crippen LogP contribution in [0.3, 0.4) is 0 Å². The average molecular weight is 424 g/mol. The highest BCUT2D eigenvalue weighted by atomic mass is 35.5. The van der Waals surface area contributed by atoms with Gasteiger partial charge in [0.05, 0.1) is 10.6 Å². The second-order valence-corrected chi connectivity index (χ2v) is 8.43. The summed E-state index contributed by atoms with van der Waals surface area (Å²) in [6.45, 7) is 4.37. The molecule has 0 fully saturated rings. The van der Waals surface area contributed by atoms with Gasteiger partial charge in [-0.15, -0.1) is 11.3 Å². The van der Waals surface area contributed by atoms with E-state index in [2.05, 4.69) is 31.2 Å². The molecule has 0 amide bonds. The first kappa shape index (κ1) is 19.6. The summed E-state index contributed by atoms with van der Waals surface area (Å²) in [5, 5.41) is 1.49. The highest BCUT2D eigenvalue weighted by molar-refractivity contribution is 7.15. The van der Waals surface area contributed by atoms with Crippen LogP contribution in [0.4, 0.5) is 4.39 Å². The summed E-state index contributed by atoms with van der Waals surface area (Å²) in [6.07, 6.45) is 0. The van der Waals surface area contributed by atoms with Crippen LogP contribution in [0.1, 0.15) is 16.1 Å². The lowest BCUT2D eigenvalue weighted by Gasteiger charge is -2.05. The van der Waals surface area contributed by atoms with Crippen LogP contribution in [0.15, 0.2) is 66.7 Å². The zero-order chi connectivity index (χ0) is 20.4. The normalized spacial score (nSPS) is 10.9. The van der Waals surface area contributed by atoms with Crippen molar-refractivity contribution in [3.8, 4) is 27.4 Å². The van der Waals surface area contributed by atoms with Gasteiger partial charge in [-0.2, -0.15) is 0 Å². The Hall–Kier alpha value is -2.69. The molecule has 29 heavy (non-hydrogen) atoms. The molecular formula is C24H19ClFNOS. The Morgan fingerprint density at radius 1 is 0.897 bits per heavy atom. The predicted molar refractivity (Wildman–Crippen MR) is 118 cm³/mol. The van der Waals surface area contributed by atoms with Gasteiger partial charge in [-0.1, -0.05) is 41.4 Å². The Balaban J connectivity index is 1.68. The third kappa shape index (κ3) is 4.66. The highest BCUT2D eigenvalue weighted by Gasteiger charge is 2.16. The molecule has 0 unspecified atom stereocenters. The largest absolute Gasteiger partial charge is 0.486 e. The smallest absolute Gasteiger partial charge is 0.140 e. The van der Waals surface area contributed by atoms with Crippen LogP contribution >= 0.6 is 22.9 Å². The number of hydrogen-bond acceptors (Lipinski definition) is 3. The average Bonchev–Trinajstić information content (AvgIpc) is 3.11. The van der Waals surface area contributed by atoms with Gasteiger partial charge in [0.25, 0.3) is 0 Å². The summed E-state index contributed by atoms with van der Waals surface area (Å²) in [5.74, 6) is 0.450. The van der Waals surface area contributed by atoms with Crippen LogP contribution in [-0.4, -0.2) is 4.98 Å². The van der Waals surface area contributed by atoms with Crippen molar-refractivity contribution in [3.05, 3.63) is 93.7 Å². The summed E-state index contributed by atoms with van der Waals surface area (Å²) in [7, 11) is 0. The van der Waals surface area contributed by atoms with Gasteiger partial charge in [0.1, 0.15) is 23.2 Å². The number of nitrogens with zero attached hydrogens (tertiary/aromatic N) is 1. The summed E-state index contributed by atoms with van der Waals surface area (Å²) < 4.78 is 19.3. The number of aryl methyl sites for hydroxylation is 2. The van der Waals surface area contributed by atoms with E-state index in [1.165, 1.54) is 17.7 Å². The van der Waals surface area contributed by atoms with Gasteiger partial charge in [0.2, 0.25) is 0 Å². The summed E-state index contributed by atoms with van der Waals surface area (Å²) in [4.78, 5) is 5.85. The molecule has 1 aromatic heterocycles. The molecular weight excluding hydrogens is 405 g/mol. The molecule has 146 valence electrons. The van der Waals surface area contributed by atoms with E-state index < -0.39 is 0 Å². The second kappa shape index (κ2) is 8.36. The first-order valence-electron chi connectivity index (χ1n) is 9.20. The van der Waals surface area contributed by atoms with Crippen molar-refractivity contribution in [2.24, 2.45) is 0 Å². The van der Waals surface area contributed by atoms with Gasteiger partial charge in [0, 0.05) is 10.6 Å². The summed E-state index contributed by atoms with van der Waals surface area (Å²) in [6, 6.07) is 20.4. The fraction of sp³-hybridized carbons (Fsp3) is 0.125. The topological polar surface area (TPSA) is 22.1 Å². The molecule has 4 aromatic rings. The minimum Gasteiger partial charge on any atom is -0.486 e. The van der Waals surface area contributed by atoms with Gasteiger partial charge in [-0.05, 0) is 67.4 Å². The monoisotopic (exact) mass is 423 g/mol. The minimum absolute atomic E-state index is 0.263. The van der Waals surface area contributed by atoms with E-state index in [0.717, 1.165) is 32.3 Å². The first-order valence-corrected chi connectivity index (χ1v) is 10.4. The zero-order valence-electron chi connectivity index (χ0n) is 16.1. The van der Waals surface area contributed by atoms with Crippen LogP contribution < -0.4 is 4.74 Å². The summed E-state index contributed by atoms with van der Waals surface area (Å²) in [5.41, 5.74) is 5.03. The number of ether oxygens (including phenoxy) is 1. The Bertz CT molecular complexity index is 1050. The van der Waals surface area contributed by atoms with Crippen molar-refractivity contribution in [2.45, 2.75) is 20.5 Å². The Kier molecular flexibility index (Phi) is 5.65. The lowest BCUT2D eigenvalue weighted by atomic mass is 10.1. The van der Waals surface area contributed by atoms with Crippen LogP contribution in [0.25, 0.3) is 21.7 Å². The van der Waals surface area contributed by atoms with Gasteiger partial charge >= 0.3 is 0 Å². The maximum Gasteiger partial charge on any atom is 0.140 e. The molecule has 0 aliphatic heterocycles. The standard InChI is InChI=1S/C24H19ClFNOS/c1-15-3-5-18(6-4-15)24-23(17-7-9-20(26)10-8-17)27-22(29-24)14-28-21-12-16(2)11-19(25)13-21/h3-13H,14H2,1-2H3. The van der Waals surface area contributed by atoms with Crippen LogP contribution in [0, 0.1) is 19.7 Å². The molecule has 0 saturated carbocycles. The van der Waals surface area contributed by atoms with E-state index in [1.54, 1.807) is 29.5 Å². The van der Waals surface area contributed by atoms with Crippen LogP contribution in [0.5, 0.6) is 5.75 Å². The molecule has 2 nitrogen and oxygen atoms in total. The number of rotatable bonds is 5. The van der Waals surface area contributed by atoms with Crippen LogP contribution in [0.2, 0.25) is 5.02 Å². The van der Waals surface area contributed by atoms with E-state index >= 15 is 0 Å². The molecule has 3 aromatic carbocycles. The van der Waals surface area contributed by atoms with Crippen molar-refractivity contribution in [2.75, 3.05) is 0 Å². The molecule has 0 radical (unpaired) electrons. The Morgan fingerprint density at radius 2 is 1.59 bits per heavy atom. The lowest BCUT2D eigenvalue weighted by Crippen LogP contribution is -1.95. The summed E-state index contributed by atoms with van der Waals surface area (Å²) >= 11 is 7.71. The number of thiazole rings is 1.